The molecular weight excluding hydrogens is 517 g/mol. The molecule has 6 nitrogen and oxygen atoms in total. The zero-order valence-corrected chi connectivity index (χ0v) is 22.4. The van der Waals surface area contributed by atoms with Crippen LogP contribution in [0.4, 0.5) is 0 Å². The van der Waals surface area contributed by atoms with Crippen molar-refractivity contribution in [1.82, 2.24) is 15.0 Å². The van der Waals surface area contributed by atoms with E-state index in [1.54, 1.807) is 18.2 Å². The topological polar surface area (TPSA) is 89.9 Å². The standard InChI is InChI=1S/C33H24N3O3P/c37-28-16-4-1-10-22(28)25-13-7-19-31(34-25)40(32-20-8-14-26(35-32)23-11-2-5-17-29(23)38)33-21-9-15-27(36-33)24-12-3-6-18-30(24)39/h1-15,19-21H,16-18H2. The molecule has 6 rings (SSSR count). The molecule has 3 aliphatic carbocycles. The van der Waals surface area contributed by atoms with E-state index in [0.29, 0.717) is 53.1 Å². The maximum atomic E-state index is 12.7. The van der Waals surface area contributed by atoms with Gasteiger partial charge in [-0.15, -0.1) is 0 Å². The lowest BCUT2D eigenvalue weighted by Crippen LogP contribution is -2.28. The summed E-state index contributed by atoms with van der Waals surface area (Å²) in [6, 6.07) is 16.9. The highest BCUT2D eigenvalue weighted by Gasteiger charge is 2.26. The number of carbonyl (C=O) groups is 3. The highest BCUT2D eigenvalue weighted by Crippen LogP contribution is 2.33. The fourth-order valence-electron chi connectivity index (χ4n) is 4.76. The van der Waals surface area contributed by atoms with Crippen molar-refractivity contribution >= 4 is 58.3 Å². The van der Waals surface area contributed by atoms with E-state index < -0.39 is 7.92 Å². The van der Waals surface area contributed by atoms with Gasteiger partial charge in [-0.1, -0.05) is 54.7 Å². The van der Waals surface area contributed by atoms with E-state index in [0.717, 1.165) is 16.3 Å². The van der Waals surface area contributed by atoms with Crippen LogP contribution in [0.3, 0.4) is 0 Å². The molecule has 0 saturated heterocycles. The minimum atomic E-state index is -1.40. The molecule has 0 N–H and O–H groups in total. The van der Waals surface area contributed by atoms with Gasteiger partial charge in [-0.2, -0.15) is 0 Å². The second-order valence-electron chi connectivity index (χ2n) is 9.39. The minimum Gasteiger partial charge on any atom is -0.294 e. The van der Waals surface area contributed by atoms with Crippen molar-refractivity contribution in [1.29, 1.82) is 0 Å². The second kappa shape index (κ2) is 11.2. The van der Waals surface area contributed by atoms with Gasteiger partial charge in [0.2, 0.25) is 0 Å². The van der Waals surface area contributed by atoms with Crippen LogP contribution in [0.2, 0.25) is 0 Å². The third-order valence-electron chi connectivity index (χ3n) is 6.73. The zero-order valence-electron chi connectivity index (χ0n) is 21.5. The van der Waals surface area contributed by atoms with Gasteiger partial charge in [0.25, 0.3) is 0 Å². The first-order valence-electron chi connectivity index (χ1n) is 13.0. The first-order chi connectivity index (χ1) is 19.6. The number of hydrogen-bond acceptors (Lipinski definition) is 6. The van der Waals surface area contributed by atoms with Crippen molar-refractivity contribution in [3.8, 4) is 0 Å². The van der Waals surface area contributed by atoms with Gasteiger partial charge in [-0.25, -0.2) is 15.0 Å². The summed E-state index contributed by atoms with van der Waals surface area (Å²) >= 11 is 0. The molecule has 0 fully saturated rings. The molecule has 0 atom stereocenters. The Morgan fingerprint density at radius 1 is 0.475 bits per heavy atom. The number of Topliss-reactive ketones (excluding diaryl/α,β-unsaturated/α-hetero) is 3. The number of hydrogen-bond donors (Lipinski definition) is 0. The Kier molecular flexibility index (Phi) is 7.17. The molecule has 0 aliphatic heterocycles. The number of carbonyl (C=O) groups excluding carboxylic acids is 3. The van der Waals surface area contributed by atoms with Gasteiger partial charge in [0.1, 0.15) is 0 Å². The highest BCUT2D eigenvalue weighted by molar-refractivity contribution is 7.79. The summed E-state index contributed by atoms with van der Waals surface area (Å²) < 4.78 is 0. The first-order valence-corrected chi connectivity index (χ1v) is 14.3. The van der Waals surface area contributed by atoms with Crippen LogP contribution >= 0.6 is 7.92 Å². The molecule has 3 aromatic heterocycles. The lowest BCUT2D eigenvalue weighted by molar-refractivity contribution is -0.113. The van der Waals surface area contributed by atoms with Gasteiger partial charge in [0, 0.05) is 43.9 Å². The van der Waals surface area contributed by atoms with Crippen molar-refractivity contribution in [2.45, 2.75) is 19.3 Å². The minimum absolute atomic E-state index is 0.0170. The SMILES string of the molecule is O=C1CC=CC=C1c1cccc(P(c2cccc(C3=CC=CCC3=O)n2)c2cccc(C3=CC=CCC3=O)n2)n1. The van der Waals surface area contributed by atoms with E-state index in [4.69, 9.17) is 15.0 Å². The molecule has 3 aromatic rings. The molecule has 0 radical (unpaired) electrons. The van der Waals surface area contributed by atoms with E-state index in [9.17, 15) is 14.4 Å². The number of rotatable bonds is 6. The van der Waals surface area contributed by atoms with E-state index in [1.165, 1.54) is 0 Å². The fourth-order valence-corrected chi connectivity index (χ4v) is 6.79. The molecule has 0 bridgehead atoms. The molecule has 7 heteroatoms. The predicted molar refractivity (Wildman–Crippen MR) is 159 cm³/mol. The van der Waals surface area contributed by atoms with E-state index in [-0.39, 0.29) is 17.3 Å². The first kappa shape index (κ1) is 25.6. The van der Waals surface area contributed by atoms with Gasteiger partial charge in [0.15, 0.2) is 17.3 Å². The van der Waals surface area contributed by atoms with Crippen LogP contribution in [0.5, 0.6) is 0 Å². The van der Waals surface area contributed by atoms with Crippen molar-refractivity contribution in [3.05, 3.63) is 126 Å². The lowest BCUT2D eigenvalue weighted by Gasteiger charge is -2.20. The molecule has 0 saturated carbocycles. The molecule has 194 valence electrons. The van der Waals surface area contributed by atoms with Gasteiger partial charge in [-0.3, -0.25) is 14.4 Å². The summed E-state index contributed by atoms with van der Waals surface area (Å²) in [6.07, 6.45) is 17.5. The molecule has 3 aliphatic rings. The van der Waals surface area contributed by atoms with Crippen LogP contribution in [0.15, 0.2) is 109 Å². The number of allylic oxidation sites excluding steroid dienone is 12. The normalized spacial score (nSPS) is 16.7. The number of aromatic nitrogens is 3. The largest absolute Gasteiger partial charge is 0.294 e. The highest BCUT2D eigenvalue weighted by atomic mass is 31.1. The Balaban J connectivity index is 1.50. The maximum Gasteiger partial charge on any atom is 0.168 e. The van der Waals surface area contributed by atoms with Crippen LogP contribution in [0.1, 0.15) is 36.3 Å². The van der Waals surface area contributed by atoms with E-state index >= 15 is 0 Å². The Morgan fingerprint density at radius 2 is 0.800 bits per heavy atom. The van der Waals surface area contributed by atoms with Crippen molar-refractivity contribution in [2.75, 3.05) is 0 Å². The summed E-state index contributed by atoms with van der Waals surface area (Å²) in [4.78, 5) is 52.8. The molecular formula is C33H24N3O3P. The zero-order chi connectivity index (χ0) is 27.5. The van der Waals surface area contributed by atoms with Crippen LogP contribution in [0.25, 0.3) is 16.7 Å². The Bertz CT molecular complexity index is 1540. The quantitative estimate of drug-likeness (QED) is 0.431. The fraction of sp³-hybridized carbons (Fsp3) is 0.0909. The third kappa shape index (κ3) is 5.14. The summed E-state index contributed by atoms with van der Waals surface area (Å²) in [6.45, 7) is 0. The Morgan fingerprint density at radius 3 is 1.10 bits per heavy atom. The maximum absolute atomic E-state index is 12.7. The smallest absolute Gasteiger partial charge is 0.168 e. The number of ketones is 3. The van der Waals surface area contributed by atoms with Gasteiger partial charge in [-0.05, 0) is 54.6 Å². The van der Waals surface area contributed by atoms with Crippen LogP contribution < -0.4 is 16.3 Å². The Labute approximate surface area is 233 Å². The lowest BCUT2D eigenvalue weighted by atomic mass is 10.0. The van der Waals surface area contributed by atoms with Gasteiger partial charge >= 0.3 is 0 Å². The summed E-state index contributed by atoms with van der Waals surface area (Å²) in [5, 5.41) is 0. The molecule has 0 unspecified atom stereocenters. The predicted octanol–water partition coefficient (Wildman–Crippen LogP) is 4.37. The molecule has 3 heterocycles. The van der Waals surface area contributed by atoms with Crippen molar-refractivity contribution in [2.24, 2.45) is 0 Å². The van der Waals surface area contributed by atoms with Crippen LogP contribution in [0, 0.1) is 0 Å². The second-order valence-corrected chi connectivity index (χ2v) is 11.4. The van der Waals surface area contributed by atoms with Crippen LogP contribution in [-0.4, -0.2) is 32.3 Å². The van der Waals surface area contributed by atoms with Crippen molar-refractivity contribution in [3.63, 3.8) is 0 Å². The van der Waals surface area contributed by atoms with E-state index in [1.807, 2.05) is 91.1 Å². The summed E-state index contributed by atoms with van der Waals surface area (Å²) in [7, 11) is -1.40. The number of pyridine rings is 3. The molecule has 0 spiro atoms. The summed E-state index contributed by atoms with van der Waals surface area (Å²) in [5.74, 6) is 0.0509. The van der Waals surface area contributed by atoms with Gasteiger partial charge < -0.3 is 0 Å². The molecule has 0 aromatic carbocycles. The average Bonchev–Trinajstić information content (AvgIpc) is 2.99. The van der Waals surface area contributed by atoms with Crippen LogP contribution in [-0.2, 0) is 14.4 Å². The molecule has 0 amide bonds. The average molecular weight is 542 g/mol. The third-order valence-corrected chi connectivity index (χ3v) is 8.85. The Hall–Kier alpha value is -4.67. The number of nitrogens with zero attached hydrogens (tertiary/aromatic N) is 3. The molecule has 40 heavy (non-hydrogen) atoms. The van der Waals surface area contributed by atoms with Gasteiger partial charge in [0.05, 0.1) is 33.4 Å². The summed E-state index contributed by atoms with van der Waals surface area (Å²) in [5.41, 5.74) is 5.65. The van der Waals surface area contributed by atoms with E-state index in [2.05, 4.69) is 0 Å². The monoisotopic (exact) mass is 541 g/mol. The van der Waals surface area contributed by atoms with Crippen molar-refractivity contribution < 1.29 is 14.4 Å².